The van der Waals surface area contributed by atoms with Gasteiger partial charge >= 0.3 is 5.97 Å². The molecule has 2 N–H and O–H groups in total. The van der Waals surface area contributed by atoms with Crippen molar-refractivity contribution in [3.05, 3.63) is 88.9 Å². The Kier molecular flexibility index (Phi) is 6.84. The summed E-state index contributed by atoms with van der Waals surface area (Å²) < 4.78 is 8.93. The molecule has 0 aliphatic carbocycles. The van der Waals surface area contributed by atoms with Gasteiger partial charge in [-0.15, -0.1) is 10.2 Å². The van der Waals surface area contributed by atoms with E-state index in [-0.39, 0.29) is 5.97 Å². The first-order valence-electron chi connectivity index (χ1n) is 10.8. The molecular formula is C25H27N5O2S. The fourth-order valence-electron chi connectivity index (χ4n) is 3.94. The third-order valence-electron chi connectivity index (χ3n) is 5.54. The van der Waals surface area contributed by atoms with Crippen LogP contribution in [-0.4, -0.2) is 32.0 Å². The first-order chi connectivity index (χ1) is 16.0. The molecule has 8 heteroatoms. The van der Waals surface area contributed by atoms with Gasteiger partial charge in [-0.05, 0) is 37.5 Å². The predicted molar refractivity (Wildman–Crippen MR) is 131 cm³/mol. The van der Waals surface area contributed by atoms with Crippen LogP contribution in [0.25, 0.3) is 11.3 Å². The molecular weight excluding hydrogens is 434 g/mol. The molecule has 4 aromatic rings. The highest BCUT2D eigenvalue weighted by Gasteiger charge is 2.25. The van der Waals surface area contributed by atoms with Gasteiger partial charge in [-0.3, -0.25) is 0 Å². The van der Waals surface area contributed by atoms with Crippen LogP contribution in [0.2, 0.25) is 0 Å². The summed E-state index contributed by atoms with van der Waals surface area (Å²) in [6, 6.07) is 20.1. The summed E-state index contributed by atoms with van der Waals surface area (Å²) in [5.41, 5.74) is 5.41. The lowest BCUT2D eigenvalue weighted by molar-refractivity contribution is 0.0524. The van der Waals surface area contributed by atoms with Crippen molar-refractivity contribution in [1.82, 2.24) is 19.4 Å². The number of nitrogen functional groups attached to an aromatic ring is 1. The van der Waals surface area contributed by atoms with Crippen LogP contribution >= 0.6 is 11.8 Å². The zero-order chi connectivity index (χ0) is 23.4. The van der Waals surface area contributed by atoms with Crippen LogP contribution < -0.4 is 5.84 Å². The molecule has 4 rings (SSSR count). The van der Waals surface area contributed by atoms with E-state index in [2.05, 4.69) is 26.9 Å². The van der Waals surface area contributed by atoms with Gasteiger partial charge in [0.1, 0.15) is 0 Å². The number of nitrogens with zero attached hydrogens (tertiary/aromatic N) is 4. The maximum absolute atomic E-state index is 12.7. The monoisotopic (exact) mass is 461 g/mol. The number of carbonyl (C=O) groups excluding carboxylic acids is 1. The quantitative estimate of drug-likeness (QED) is 0.234. The average molecular weight is 462 g/mol. The van der Waals surface area contributed by atoms with E-state index in [9.17, 15) is 4.79 Å². The van der Waals surface area contributed by atoms with Crippen molar-refractivity contribution in [2.24, 2.45) is 0 Å². The number of benzene rings is 2. The van der Waals surface area contributed by atoms with Crippen molar-refractivity contribution in [2.45, 2.75) is 38.2 Å². The molecule has 0 fully saturated rings. The molecule has 0 unspecified atom stereocenters. The average Bonchev–Trinajstić information content (AvgIpc) is 3.30. The number of rotatable bonds is 8. The minimum atomic E-state index is -0.322. The second kappa shape index (κ2) is 9.95. The number of aromatic nitrogens is 4. The maximum atomic E-state index is 12.7. The molecule has 2 aromatic heterocycles. The summed E-state index contributed by atoms with van der Waals surface area (Å²) in [6.07, 6.45) is 0. The molecule has 0 saturated carbocycles. The molecule has 0 aliphatic rings. The fourth-order valence-corrected chi connectivity index (χ4v) is 4.77. The van der Waals surface area contributed by atoms with Gasteiger partial charge < -0.3 is 15.1 Å². The normalized spacial score (nSPS) is 11.0. The van der Waals surface area contributed by atoms with Crippen LogP contribution in [0.1, 0.15) is 39.9 Å². The summed E-state index contributed by atoms with van der Waals surface area (Å²) in [4.78, 5) is 12.7. The van der Waals surface area contributed by atoms with E-state index >= 15 is 0 Å². The van der Waals surface area contributed by atoms with Gasteiger partial charge in [0.15, 0.2) is 5.82 Å². The van der Waals surface area contributed by atoms with Crippen LogP contribution in [0.4, 0.5) is 0 Å². The number of nitrogens with two attached hydrogens (primary N) is 1. The molecule has 0 atom stereocenters. The SMILES string of the molecule is CCOC(=O)c1c(C)c(-c2ccccc2)n(Cc2nnc(SCc3ccccc3)n2N)c1C. The van der Waals surface area contributed by atoms with Gasteiger partial charge in [0.2, 0.25) is 5.16 Å². The third kappa shape index (κ3) is 4.66. The Morgan fingerprint density at radius 1 is 1.03 bits per heavy atom. The molecule has 33 heavy (non-hydrogen) atoms. The first kappa shape index (κ1) is 22.7. The summed E-state index contributed by atoms with van der Waals surface area (Å²) in [5.74, 6) is 7.41. The molecule has 0 spiro atoms. The molecule has 0 radical (unpaired) electrons. The van der Waals surface area contributed by atoms with Gasteiger partial charge in [0.25, 0.3) is 0 Å². The number of thioether (sulfide) groups is 1. The standard InChI is InChI=1S/C25H27N5O2S/c1-4-32-24(31)22-17(2)23(20-13-9-6-10-14-20)29(18(22)3)15-21-27-28-25(30(21)26)33-16-19-11-7-5-8-12-19/h5-14H,4,15-16,26H2,1-3H3. The van der Waals surface area contributed by atoms with E-state index in [0.717, 1.165) is 28.3 Å². The minimum absolute atomic E-state index is 0.322. The topological polar surface area (TPSA) is 88.0 Å². The summed E-state index contributed by atoms with van der Waals surface area (Å²) in [6.45, 7) is 6.39. The van der Waals surface area contributed by atoms with E-state index in [1.807, 2.05) is 69.3 Å². The summed E-state index contributed by atoms with van der Waals surface area (Å²) >= 11 is 1.54. The van der Waals surface area contributed by atoms with Gasteiger partial charge in [0.05, 0.1) is 24.4 Å². The number of carbonyl (C=O) groups is 1. The van der Waals surface area contributed by atoms with E-state index in [1.165, 1.54) is 22.0 Å². The molecule has 0 aliphatic heterocycles. The van der Waals surface area contributed by atoms with Crippen molar-refractivity contribution in [2.75, 3.05) is 12.4 Å². The lowest BCUT2D eigenvalue weighted by Gasteiger charge is -2.12. The van der Waals surface area contributed by atoms with E-state index in [1.54, 1.807) is 0 Å². The van der Waals surface area contributed by atoms with Crippen LogP contribution in [0, 0.1) is 13.8 Å². The van der Waals surface area contributed by atoms with Gasteiger partial charge in [0, 0.05) is 11.4 Å². The lowest BCUT2D eigenvalue weighted by Crippen LogP contribution is -2.17. The Labute approximate surface area is 197 Å². The highest BCUT2D eigenvalue weighted by Crippen LogP contribution is 2.32. The van der Waals surface area contributed by atoms with Crippen molar-refractivity contribution < 1.29 is 9.53 Å². The van der Waals surface area contributed by atoms with Crippen molar-refractivity contribution >= 4 is 17.7 Å². The molecule has 0 bridgehead atoms. The van der Waals surface area contributed by atoms with Crippen LogP contribution in [0.15, 0.2) is 65.8 Å². The van der Waals surface area contributed by atoms with Crippen molar-refractivity contribution in [1.29, 1.82) is 0 Å². The number of hydrogen-bond donors (Lipinski definition) is 1. The smallest absolute Gasteiger partial charge is 0.340 e. The molecule has 170 valence electrons. The second-order valence-electron chi connectivity index (χ2n) is 7.65. The fraction of sp³-hybridized carbons (Fsp3) is 0.240. The largest absolute Gasteiger partial charge is 0.462 e. The maximum Gasteiger partial charge on any atom is 0.340 e. The zero-order valence-electron chi connectivity index (χ0n) is 19.0. The van der Waals surface area contributed by atoms with Crippen LogP contribution in [-0.2, 0) is 17.0 Å². The number of esters is 1. The minimum Gasteiger partial charge on any atom is -0.462 e. The van der Waals surface area contributed by atoms with Crippen molar-refractivity contribution in [3.8, 4) is 11.3 Å². The number of hydrogen-bond acceptors (Lipinski definition) is 6. The molecule has 0 saturated heterocycles. The zero-order valence-corrected chi connectivity index (χ0v) is 19.8. The van der Waals surface area contributed by atoms with E-state index in [0.29, 0.717) is 29.7 Å². The Hall–Kier alpha value is -3.52. The van der Waals surface area contributed by atoms with Crippen molar-refractivity contribution in [3.63, 3.8) is 0 Å². The molecule has 2 heterocycles. The van der Waals surface area contributed by atoms with Crippen LogP contribution in [0.5, 0.6) is 0 Å². The Balaban J connectivity index is 1.68. The van der Waals surface area contributed by atoms with E-state index < -0.39 is 0 Å². The predicted octanol–water partition coefficient (Wildman–Crippen LogP) is 4.59. The molecule has 0 amide bonds. The van der Waals surface area contributed by atoms with Gasteiger partial charge in [-0.2, -0.15) is 0 Å². The first-order valence-corrected chi connectivity index (χ1v) is 11.8. The Morgan fingerprint density at radius 3 is 2.36 bits per heavy atom. The van der Waals surface area contributed by atoms with Gasteiger partial charge in [-0.25, -0.2) is 9.47 Å². The summed E-state index contributed by atoms with van der Waals surface area (Å²) in [5, 5.41) is 9.29. The molecule has 7 nitrogen and oxygen atoms in total. The van der Waals surface area contributed by atoms with Crippen LogP contribution in [0.3, 0.4) is 0 Å². The Bertz CT molecular complexity index is 1250. The highest BCUT2D eigenvalue weighted by molar-refractivity contribution is 7.98. The lowest BCUT2D eigenvalue weighted by atomic mass is 10.1. The number of ether oxygens (including phenoxy) is 1. The van der Waals surface area contributed by atoms with E-state index in [4.69, 9.17) is 10.6 Å². The van der Waals surface area contributed by atoms with Gasteiger partial charge in [-0.1, -0.05) is 72.4 Å². The second-order valence-corrected chi connectivity index (χ2v) is 8.59. The third-order valence-corrected chi connectivity index (χ3v) is 6.55. The molecule has 2 aromatic carbocycles. The summed E-state index contributed by atoms with van der Waals surface area (Å²) in [7, 11) is 0. The highest BCUT2D eigenvalue weighted by atomic mass is 32.2. The Morgan fingerprint density at radius 2 is 1.70 bits per heavy atom.